The van der Waals surface area contributed by atoms with E-state index in [1.807, 2.05) is 13.8 Å². The van der Waals surface area contributed by atoms with Gasteiger partial charge in [-0.05, 0) is 32.6 Å². The molecule has 4 nitrogen and oxygen atoms in total. The second-order valence-electron chi connectivity index (χ2n) is 3.89. The topological polar surface area (TPSA) is 47.6 Å². The Morgan fingerprint density at radius 1 is 1.50 bits per heavy atom. The van der Waals surface area contributed by atoms with Gasteiger partial charge in [0.2, 0.25) is 0 Å². The molecule has 1 amide bonds. The fourth-order valence-corrected chi connectivity index (χ4v) is 1.43. The largest absolute Gasteiger partial charge is 0.447 e. The number of rotatable bonds is 3. The van der Waals surface area contributed by atoms with E-state index in [-0.39, 0.29) is 12.2 Å². The molecule has 1 aliphatic heterocycles. The fourth-order valence-electron chi connectivity index (χ4n) is 1.43. The third kappa shape index (κ3) is 4.46. The van der Waals surface area contributed by atoms with Gasteiger partial charge in [-0.2, -0.15) is 0 Å². The molecular formula is C10H19NO3. The van der Waals surface area contributed by atoms with Gasteiger partial charge in [-0.1, -0.05) is 0 Å². The molecule has 0 spiro atoms. The number of hydrogen-bond acceptors (Lipinski definition) is 3. The first kappa shape index (κ1) is 11.3. The Labute approximate surface area is 85.0 Å². The van der Waals surface area contributed by atoms with E-state index in [4.69, 9.17) is 9.47 Å². The van der Waals surface area contributed by atoms with Crippen molar-refractivity contribution in [3.8, 4) is 0 Å². The summed E-state index contributed by atoms with van der Waals surface area (Å²) in [6.07, 6.45) is 1.69. The maximum atomic E-state index is 11.1. The van der Waals surface area contributed by atoms with Crippen molar-refractivity contribution >= 4 is 6.09 Å². The quantitative estimate of drug-likeness (QED) is 0.753. The highest BCUT2D eigenvalue weighted by molar-refractivity contribution is 5.67. The highest BCUT2D eigenvalue weighted by atomic mass is 16.6. The van der Waals surface area contributed by atoms with Crippen LogP contribution < -0.4 is 5.32 Å². The van der Waals surface area contributed by atoms with Gasteiger partial charge in [0.05, 0.1) is 6.10 Å². The van der Waals surface area contributed by atoms with Crippen LogP contribution in [-0.4, -0.2) is 32.0 Å². The van der Waals surface area contributed by atoms with Gasteiger partial charge >= 0.3 is 6.09 Å². The molecule has 82 valence electrons. The minimum atomic E-state index is -0.313. The Balaban J connectivity index is 2.09. The molecule has 0 aromatic carbocycles. The van der Waals surface area contributed by atoms with Crippen LogP contribution >= 0.6 is 0 Å². The van der Waals surface area contributed by atoms with Crippen molar-refractivity contribution in [2.75, 3.05) is 19.8 Å². The van der Waals surface area contributed by atoms with Crippen LogP contribution in [-0.2, 0) is 9.47 Å². The third-order valence-corrected chi connectivity index (χ3v) is 2.22. The minimum absolute atomic E-state index is 0.0512. The Morgan fingerprint density at radius 2 is 2.14 bits per heavy atom. The molecule has 1 saturated heterocycles. The highest BCUT2D eigenvalue weighted by Gasteiger charge is 2.15. The zero-order valence-electron chi connectivity index (χ0n) is 8.91. The monoisotopic (exact) mass is 201 g/mol. The molecule has 0 bridgehead atoms. The van der Waals surface area contributed by atoms with Crippen molar-refractivity contribution in [1.29, 1.82) is 0 Å². The lowest BCUT2D eigenvalue weighted by Gasteiger charge is -2.22. The Morgan fingerprint density at radius 3 is 2.71 bits per heavy atom. The molecule has 0 radical (unpaired) electrons. The van der Waals surface area contributed by atoms with E-state index < -0.39 is 0 Å². The highest BCUT2D eigenvalue weighted by Crippen LogP contribution is 2.13. The summed E-state index contributed by atoms with van der Waals surface area (Å²) in [4.78, 5) is 11.1. The van der Waals surface area contributed by atoms with Crippen LogP contribution in [0.5, 0.6) is 0 Å². The van der Waals surface area contributed by atoms with Crippen LogP contribution in [0, 0.1) is 5.92 Å². The van der Waals surface area contributed by atoms with Crippen molar-refractivity contribution in [3.63, 3.8) is 0 Å². The van der Waals surface area contributed by atoms with Crippen LogP contribution in [0.3, 0.4) is 0 Å². The van der Waals surface area contributed by atoms with E-state index in [0.717, 1.165) is 26.1 Å². The van der Waals surface area contributed by atoms with Crippen LogP contribution in [0.15, 0.2) is 0 Å². The predicted octanol–water partition coefficient (Wildman–Crippen LogP) is 1.55. The van der Waals surface area contributed by atoms with Gasteiger partial charge in [0.25, 0.3) is 0 Å². The van der Waals surface area contributed by atoms with Gasteiger partial charge in [-0.25, -0.2) is 4.79 Å². The fraction of sp³-hybridized carbons (Fsp3) is 0.900. The predicted molar refractivity (Wildman–Crippen MR) is 53.2 cm³/mol. The van der Waals surface area contributed by atoms with Gasteiger partial charge in [0.15, 0.2) is 0 Å². The Kier molecular flexibility index (Phi) is 4.73. The summed E-state index contributed by atoms with van der Waals surface area (Å²) in [7, 11) is 0. The van der Waals surface area contributed by atoms with E-state index in [1.165, 1.54) is 0 Å². The maximum Gasteiger partial charge on any atom is 0.407 e. The molecule has 1 fully saturated rings. The average Bonchev–Trinajstić information content (AvgIpc) is 2.15. The van der Waals surface area contributed by atoms with Crippen LogP contribution in [0.25, 0.3) is 0 Å². The van der Waals surface area contributed by atoms with Gasteiger partial charge in [0.1, 0.15) is 0 Å². The molecule has 0 aromatic rings. The van der Waals surface area contributed by atoms with Gasteiger partial charge in [-0.15, -0.1) is 0 Å². The van der Waals surface area contributed by atoms with Crippen molar-refractivity contribution < 1.29 is 14.3 Å². The van der Waals surface area contributed by atoms with Gasteiger partial charge in [0, 0.05) is 19.8 Å². The minimum Gasteiger partial charge on any atom is -0.447 e. The number of nitrogens with one attached hydrogen (secondary N) is 1. The lowest BCUT2D eigenvalue weighted by molar-refractivity contribution is 0.0637. The van der Waals surface area contributed by atoms with Gasteiger partial charge < -0.3 is 14.8 Å². The second kappa shape index (κ2) is 5.86. The molecule has 0 saturated carbocycles. The lowest BCUT2D eigenvalue weighted by Crippen LogP contribution is -2.33. The first-order valence-electron chi connectivity index (χ1n) is 5.20. The third-order valence-electron chi connectivity index (χ3n) is 2.22. The number of ether oxygens (including phenoxy) is 2. The van der Waals surface area contributed by atoms with E-state index >= 15 is 0 Å². The summed E-state index contributed by atoms with van der Waals surface area (Å²) in [5, 5.41) is 2.77. The molecule has 0 atom stereocenters. The molecular weight excluding hydrogens is 182 g/mol. The van der Waals surface area contributed by atoms with E-state index in [1.54, 1.807) is 0 Å². The zero-order valence-corrected chi connectivity index (χ0v) is 8.91. The summed E-state index contributed by atoms with van der Waals surface area (Å²) in [6, 6.07) is 0. The second-order valence-corrected chi connectivity index (χ2v) is 3.89. The van der Waals surface area contributed by atoms with Gasteiger partial charge in [-0.3, -0.25) is 0 Å². The number of hydrogen-bond donors (Lipinski definition) is 1. The Bertz CT molecular complexity index is 176. The van der Waals surface area contributed by atoms with Crippen LogP contribution in [0.1, 0.15) is 26.7 Å². The summed E-state index contributed by atoms with van der Waals surface area (Å²) in [5.74, 6) is 0.545. The van der Waals surface area contributed by atoms with Crippen LogP contribution in [0.4, 0.5) is 4.79 Å². The first-order chi connectivity index (χ1) is 6.68. The summed E-state index contributed by atoms with van der Waals surface area (Å²) in [5.41, 5.74) is 0. The van der Waals surface area contributed by atoms with E-state index in [2.05, 4.69) is 5.32 Å². The molecule has 1 N–H and O–H groups in total. The smallest absolute Gasteiger partial charge is 0.407 e. The summed E-state index contributed by atoms with van der Waals surface area (Å²) in [6.45, 7) is 6.01. The molecule has 0 aliphatic carbocycles. The van der Waals surface area contributed by atoms with Crippen LogP contribution in [0.2, 0.25) is 0 Å². The zero-order chi connectivity index (χ0) is 10.4. The lowest BCUT2D eigenvalue weighted by atomic mass is 10.0. The molecule has 14 heavy (non-hydrogen) atoms. The summed E-state index contributed by atoms with van der Waals surface area (Å²) < 4.78 is 10.2. The molecule has 1 rings (SSSR count). The molecule has 1 heterocycles. The normalized spacial score (nSPS) is 18.2. The van der Waals surface area contributed by atoms with Crippen molar-refractivity contribution in [2.24, 2.45) is 5.92 Å². The maximum absolute atomic E-state index is 11.1. The molecule has 0 aromatic heterocycles. The number of amides is 1. The summed E-state index contributed by atoms with van der Waals surface area (Å²) >= 11 is 0. The molecule has 4 heteroatoms. The standard InChI is InChI=1S/C10H19NO3/c1-8(2)14-10(12)11-7-9-3-5-13-6-4-9/h8-9H,3-7H2,1-2H3,(H,11,12). The van der Waals surface area contributed by atoms with Crippen molar-refractivity contribution in [3.05, 3.63) is 0 Å². The number of alkyl carbamates (subject to hydrolysis) is 1. The molecule has 1 aliphatic rings. The van der Waals surface area contributed by atoms with E-state index in [0.29, 0.717) is 12.5 Å². The number of carbonyl (C=O) groups is 1. The Hall–Kier alpha value is -0.770. The van der Waals surface area contributed by atoms with Crippen molar-refractivity contribution in [2.45, 2.75) is 32.8 Å². The molecule has 0 unspecified atom stereocenters. The average molecular weight is 201 g/mol. The first-order valence-corrected chi connectivity index (χ1v) is 5.20. The number of carbonyl (C=O) groups excluding carboxylic acids is 1. The van der Waals surface area contributed by atoms with E-state index in [9.17, 15) is 4.79 Å². The van der Waals surface area contributed by atoms with Crippen molar-refractivity contribution in [1.82, 2.24) is 5.32 Å². The SMILES string of the molecule is CC(C)OC(=O)NCC1CCOCC1.